The van der Waals surface area contributed by atoms with E-state index in [9.17, 15) is 19.5 Å². The molecule has 0 saturated carbocycles. The SMILES string of the molecule is Cc1ccc(-n2cc(C=O)c(-c3cc4c(C)cc(=O)oc4c(-c4nn(-c5ccc(C)cc5)cc4C=O)c3O)n2)cc1. The quantitative estimate of drug-likeness (QED) is 0.209. The Kier molecular flexibility index (Phi) is 6.19. The first-order valence-electron chi connectivity index (χ1n) is 12.8. The second-order valence-corrected chi connectivity index (χ2v) is 9.93. The van der Waals surface area contributed by atoms with E-state index >= 15 is 0 Å². The van der Waals surface area contributed by atoms with Gasteiger partial charge in [0.25, 0.3) is 0 Å². The van der Waals surface area contributed by atoms with Crippen molar-refractivity contribution in [3.8, 4) is 39.6 Å². The van der Waals surface area contributed by atoms with Gasteiger partial charge in [-0.05, 0) is 56.7 Å². The summed E-state index contributed by atoms with van der Waals surface area (Å²) in [6, 6.07) is 18.1. The minimum Gasteiger partial charge on any atom is -0.506 e. The largest absolute Gasteiger partial charge is 0.506 e. The molecule has 0 aliphatic heterocycles. The number of hydrogen-bond donors (Lipinski definition) is 1. The number of nitrogens with zero attached hydrogens (tertiary/aromatic N) is 4. The van der Waals surface area contributed by atoms with Crippen molar-refractivity contribution in [2.75, 3.05) is 0 Å². The van der Waals surface area contributed by atoms with Crippen molar-refractivity contribution in [2.24, 2.45) is 0 Å². The molecule has 3 aromatic heterocycles. The predicted octanol–water partition coefficient (Wildman–Crippen LogP) is 5.75. The van der Waals surface area contributed by atoms with Crippen molar-refractivity contribution >= 4 is 23.5 Å². The van der Waals surface area contributed by atoms with Crippen molar-refractivity contribution < 1.29 is 19.1 Å². The summed E-state index contributed by atoms with van der Waals surface area (Å²) in [5, 5.41) is 21.5. The van der Waals surface area contributed by atoms with Crippen LogP contribution in [0.4, 0.5) is 0 Å². The molecule has 0 aliphatic carbocycles. The number of benzene rings is 3. The first-order valence-corrected chi connectivity index (χ1v) is 12.8. The maximum absolute atomic E-state index is 12.4. The van der Waals surface area contributed by atoms with E-state index in [2.05, 4.69) is 10.2 Å². The Balaban J connectivity index is 1.64. The van der Waals surface area contributed by atoms with Gasteiger partial charge in [0.15, 0.2) is 18.2 Å². The normalized spacial score (nSPS) is 11.2. The van der Waals surface area contributed by atoms with Crippen LogP contribution in [-0.4, -0.2) is 37.2 Å². The van der Waals surface area contributed by atoms with Crippen molar-refractivity contribution in [1.29, 1.82) is 0 Å². The molecule has 6 rings (SSSR count). The Bertz CT molecular complexity index is 2030. The van der Waals surface area contributed by atoms with E-state index in [1.165, 1.54) is 10.7 Å². The van der Waals surface area contributed by atoms with Gasteiger partial charge in [-0.25, -0.2) is 14.2 Å². The van der Waals surface area contributed by atoms with E-state index in [4.69, 9.17) is 4.42 Å². The summed E-state index contributed by atoms with van der Waals surface area (Å²) in [6.45, 7) is 5.67. The Morgan fingerprint density at radius 2 is 1.27 bits per heavy atom. The predicted molar refractivity (Wildman–Crippen MR) is 154 cm³/mol. The third-order valence-corrected chi connectivity index (χ3v) is 7.04. The highest BCUT2D eigenvalue weighted by Gasteiger charge is 2.26. The molecule has 9 nitrogen and oxygen atoms in total. The molecule has 0 unspecified atom stereocenters. The van der Waals surface area contributed by atoms with Gasteiger partial charge >= 0.3 is 5.63 Å². The molecule has 202 valence electrons. The molecule has 0 saturated heterocycles. The van der Waals surface area contributed by atoms with Crippen molar-refractivity contribution in [3.63, 3.8) is 0 Å². The maximum Gasteiger partial charge on any atom is 0.336 e. The minimum absolute atomic E-state index is 0.0491. The molecular weight excluding hydrogens is 520 g/mol. The molecule has 0 fully saturated rings. The maximum atomic E-state index is 12.4. The van der Waals surface area contributed by atoms with E-state index < -0.39 is 5.63 Å². The second-order valence-electron chi connectivity index (χ2n) is 9.93. The molecule has 3 aromatic carbocycles. The number of aromatic nitrogens is 4. The molecule has 0 radical (unpaired) electrons. The number of carbonyl (C=O) groups excluding carboxylic acids is 2. The molecule has 3 heterocycles. The topological polar surface area (TPSA) is 120 Å². The van der Waals surface area contributed by atoms with Crippen LogP contribution in [0.3, 0.4) is 0 Å². The molecule has 0 atom stereocenters. The zero-order valence-corrected chi connectivity index (χ0v) is 22.5. The molecule has 41 heavy (non-hydrogen) atoms. The average Bonchev–Trinajstić information content (AvgIpc) is 3.58. The second kappa shape index (κ2) is 9.87. The van der Waals surface area contributed by atoms with Crippen LogP contribution in [-0.2, 0) is 0 Å². The Morgan fingerprint density at radius 1 is 0.756 bits per heavy atom. The first kappa shape index (κ1) is 25.7. The summed E-state index contributed by atoms with van der Waals surface area (Å²) in [4.78, 5) is 36.8. The number of fused-ring (bicyclic) bond motifs is 1. The highest BCUT2D eigenvalue weighted by molar-refractivity contribution is 6.05. The van der Waals surface area contributed by atoms with Crippen molar-refractivity contribution in [1.82, 2.24) is 19.6 Å². The van der Waals surface area contributed by atoms with Crippen molar-refractivity contribution in [3.05, 3.63) is 111 Å². The van der Waals surface area contributed by atoms with Crippen LogP contribution in [0.1, 0.15) is 37.4 Å². The van der Waals surface area contributed by atoms with Gasteiger partial charge in [-0.2, -0.15) is 10.2 Å². The number of aryl methyl sites for hydroxylation is 3. The molecule has 6 aromatic rings. The van der Waals surface area contributed by atoms with E-state index in [1.54, 1.807) is 30.1 Å². The van der Waals surface area contributed by atoms with Gasteiger partial charge in [0.2, 0.25) is 0 Å². The van der Waals surface area contributed by atoms with Gasteiger partial charge in [0.1, 0.15) is 17.1 Å². The van der Waals surface area contributed by atoms with Crippen LogP contribution < -0.4 is 5.63 Å². The van der Waals surface area contributed by atoms with E-state index in [1.807, 2.05) is 62.4 Å². The van der Waals surface area contributed by atoms with Gasteiger partial charge in [0.05, 0.1) is 28.1 Å². The molecule has 9 heteroatoms. The lowest BCUT2D eigenvalue weighted by Crippen LogP contribution is -2.01. The summed E-state index contributed by atoms with van der Waals surface area (Å²) in [5.41, 5.74) is 4.60. The Hall–Kier alpha value is -5.57. The Labute approximate surface area is 233 Å². The fourth-order valence-corrected chi connectivity index (χ4v) is 4.85. The molecule has 0 bridgehead atoms. The highest BCUT2D eigenvalue weighted by Crippen LogP contribution is 2.44. The molecule has 0 aliphatic rings. The molecular formula is C32H24N4O5. The fraction of sp³-hybridized carbons (Fsp3) is 0.0938. The van der Waals surface area contributed by atoms with Gasteiger partial charge in [-0.1, -0.05) is 35.4 Å². The number of hydrogen-bond acceptors (Lipinski definition) is 7. The smallest absolute Gasteiger partial charge is 0.336 e. The van der Waals surface area contributed by atoms with Crippen LogP contribution in [0.2, 0.25) is 0 Å². The molecule has 1 N–H and O–H groups in total. The van der Waals surface area contributed by atoms with Crippen LogP contribution in [0.25, 0.3) is 44.9 Å². The summed E-state index contributed by atoms with van der Waals surface area (Å²) in [7, 11) is 0. The van der Waals surface area contributed by atoms with Gasteiger partial charge in [0, 0.05) is 29.4 Å². The van der Waals surface area contributed by atoms with Gasteiger partial charge in [-0.3, -0.25) is 9.59 Å². The van der Waals surface area contributed by atoms with Crippen LogP contribution in [0.5, 0.6) is 5.75 Å². The van der Waals surface area contributed by atoms with Crippen LogP contribution >= 0.6 is 0 Å². The number of aromatic hydroxyl groups is 1. The number of carbonyl (C=O) groups is 2. The minimum atomic E-state index is -0.619. The summed E-state index contributed by atoms with van der Waals surface area (Å²) >= 11 is 0. The molecule has 0 amide bonds. The number of phenols is 1. The summed E-state index contributed by atoms with van der Waals surface area (Å²) in [6.07, 6.45) is 4.41. The standard InChI is InChI=1S/C32H24N4O5/c1-18-4-8-23(9-5-18)35-14-21(16-37)29(33-35)26-13-25-20(3)12-27(39)41-32(25)28(31(26)40)30-22(17-38)15-36(34-30)24-10-6-19(2)7-11-24/h4-17,40H,1-3H3. The van der Waals surface area contributed by atoms with Crippen LogP contribution in [0.15, 0.2) is 82.3 Å². The summed E-state index contributed by atoms with van der Waals surface area (Å²) in [5.74, 6) is -0.333. The number of phenolic OH excluding ortho intramolecular Hbond substituents is 1. The highest BCUT2D eigenvalue weighted by atomic mass is 16.4. The van der Waals surface area contributed by atoms with E-state index in [0.717, 1.165) is 16.8 Å². The lowest BCUT2D eigenvalue weighted by atomic mass is 9.95. The monoisotopic (exact) mass is 544 g/mol. The van der Waals surface area contributed by atoms with Crippen molar-refractivity contribution in [2.45, 2.75) is 20.8 Å². The lowest BCUT2D eigenvalue weighted by Gasteiger charge is -2.13. The van der Waals surface area contributed by atoms with Crippen LogP contribution in [0, 0.1) is 20.8 Å². The summed E-state index contributed by atoms with van der Waals surface area (Å²) < 4.78 is 8.68. The Morgan fingerprint density at radius 3 is 1.80 bits per heavy atom. The zero-order chi connectivity index (χ0) is 28.8. The van der Waals surface area contributed by atoms with Gasteiger partial charge < -0.3 is 9.52 Å². The number of aldehydes is 2. The molecule has 0 spiro atoms. The van der Waals surface area contributed by atoms with E-state index in [0.29, 0.717) is 29.2 Å². The van der Waals surface area contributed by atoms with Gasteiger partial charge in [-0.15, -0.1) is 0 Å². The zero-order valence-electron chi connectivity index (χ0n) is 22.5. The number of rotatable bonds is 6. The third-order valence-electron chi connectivity index (χ3n) is 7.04. The third kappa shape index (κ3) is 4.43. The first-order chi connectivity index (χ1) is 19.8. The van der Waals surface area contributed by atoms with E-state index in [-0.39, 0.29) is 45.0 Å². The average molecular weight is 545 g/mol. The fourth-order valence-electron chi connectivity index (χ4n) is 4.85. The lowest BCUT2D eigenvalue weighted by molar-refractivity contribution is 0.111.